The molecule has 2 amide bonds. The Morgan fingerprint density at radius 1 is 1.23 bits per heavy atom. The molecule has 2 aromatic rings. The van der Waals surface area contributed by atoms with Crippen LogP contribution in [0.25, 0.3) is 0 Å². The first-order chi connectivity index (χ1) is 16.8. The second-order valence-corrected chi connectivity index (χ2v) is 9.53. The Hall–Kier alpha value is -3.26. The number of nitrogens with one attached hydrogen (secondary N) is 2. The van der Waals surface area contributed by atoms with Gasteiger partial charge in [-0.15, -0.1) is 0 Å². The molecule has 1 saturated carbocycles. The van der Waals surface area contributed by atoms with Crippen molar-refractivity contribution in [3.05, 3.63) is 59.6 Å². The largest absolute Gasteiger partial charge is 0.354 e. The molecule has 1 aliphatic carbocycles. The molecule has 1 atom stereocenters. The van der Waals surface area contributed by atoms with Gasteiger partial charge in [-0.3, -0.25) is 14.6 Å². The van der Waals surface area contributed by atoms with Gasteiger partial charge < -0.3 is 20.4 Å². The SMILES string of the molecule is CCc1ncc(Nc2cccc([C@@H](C)CNC(=O)CN(C)C(=O)/C=C/CN(C)C)c2)nc1C1CC1. The molecule has 1 heterocycles. The summed E-state index contributed by atoms with van der Waals surface area (Å²) in [5.41, 5.74) is 4.26. The molecule has 8 heteroatoms. The Balaban J connectivity index is 1.52. The summed E-state index contributed by atoms with van der Waals surface area (Å²) in [6.07, 6.45) is 8.38. The molecule has 0 spiro atoms. The summed E-state index contributed by atoms with van der Waals surface area (Å²) < 4.78 is 0. The van der Waals surface area contributed by atoms with Crippen LogP contribution < -0.4 is 10.6 Å². The average Bonchev–Trinajstić information content (AvgIpc) is 3.68. The van der Waals surface area contributed by atoms with Gasteiger partial charge in [-0.05, 0) is 57.0 Å². The summed E-state index contributed by atoms with van der Waals surface area (Å²) in [4.78, 5) is 37.3. The van der Waals surface area contributed by atoms with Crippen molar-refractivity contribution in [2.75, 3.05) is 46.1 Å². The summed E-state index contributed by atoms with van der Waals surface area (Å²) >= 11 is 0. The van der Waals surface area contributed by atoms with E-state index in [2.05, 4.69) is 41.6 Å². The van der Waals surface area contributed by atoms with Crippen LogP contribution in [0.1, 0.15) is 55.5 Å². The van der Waals surface area contributed by atoms with Gasteiger partial charge in [-0.2, -0.15) is 0 Å². The van der Waals surface area contributed by atoms with E-state index < -0.39 is 0 Å². The maximum Gasteiger partial charge on any atom is 0.246 e. The number of amides is 2. The maximum absolute atomic E-state index is 12.4. The van der Waals surface area contributed by atoms with Crippen molar-refractivity contribution < 1.29 is 9.59 Å². The van der Waals surface area contributed by atoms with Crippen LogP contribution in [0.4, 0.5) is 11.5 Å². The second kappa shape index (κ2) is 12.4. The second-order valence-electron chi connectivity index (χ2n) is 9.53. The van der Waals surface area contributed by atoms with E-state index in [9.17, 15) is 9.59 Å². The van der Waals surface area contributed by atoms with E-state index in [1.54, 1.807) is 19.3 Å². The van der Waals surface area contributed by atoms with Gasteiger partial charge in [0.25, 0.3) is 0 Å². The minimum absolute atomic E-state index is 0.0230. The highest BCUT2D eigenvalue weighted by atomic mass is 16.2. The molecule has 8 nitrogen and oxygen atoms in total. The number of anilines is 2. The molecule has 1 fully saturated rings. The van der Waals surface area contributed by atoms with E-state index in [1.807, 2.05) is 31.1 Å². The fourth-order valence-electron chi connectivity index (χ4n) is 3.74. The van der Waals surface area contributed by atoms with Gasteiger partial charge in [0.2, 0.25) is 11.8 Å². The van der Waals surface area contributed by atoms with Gasteiger partial charge in [-0.1, -0.05) is 32.1 Å². The predicted octanol–water partition coefficient (Wildman–Crippen LogP) is 3.46. The molecule has 1 aromatic carbocycles. The van der Waals surface area contributed by atoms with Crippen molar-refractivity contribution in [1.29, 1.82) is 0 Å². The lowest BCUT2D eigenvalue weighted by Gasteiger charge is -2.18. The maximum atomic E-state index is 12.4. The molecule has 0 radical (unpaired) electrons. The van der Waals surface area contributed by atoms with E-state index >= 15 is 0 Å². The Morgan fingerprint density at radius 3 is 2.69 bits per heavy atom. The fourth-order valence-corrected chi connectivity index (χ4v) is 3.74. The van der Waals surface area contributed by atoms with Crippen LogP contribution in [0.5, 0.6) is 0 Å². The van der Waals surface area contributed by atoms with E-state index in [1.165, 1.54) is 23.8 Å². The van der Waals surface area contributed by atoms with Crippen LogP contribution in [0.15, 0.2) is 42.6 Å². The number of likely N-dealkylation sites (N-methyl/N-ethyl adjacent to an activating group) is 2. The molecule has 3 rings (SSSR count). The number of rotatable bonds is 12. The van der Waals surface area contributed by atoms with Crippen molar-refractivity contribution in [2.45, 2.75) is 44.9 Å². The first-order valence-corrected chi connectivity index (χ1v) is 12.3. The highest BCUT2D eigenvalue weighted by molar-refractivity contribution is 5.91. The van der Waals surface area contributed by atoms with Crippen LogP contribution in [0.3, 0.4) is 0 Å². The number of carbonyl (C=O) groups excluding carboxylic acids is 2. The van der Waals surface area contributed by atoms with E-state index in [0.717, 1.165) is 34.9 Å². The molecule has 188 valence electrons. The summed E-state index contributed by atoms with van der Waals surface area (Å²) in [5, 5.41) is 6.33. The monoisotopic (exact) mass is 478 g/mol. The van der Waals surface area contributed by atoms with Gasteiger partial charge >= 0.3 is 0 Å². The summed E-state index contributed by atoms with van der Waals surface area (Å²) in [6.45, 7) is 5.37. The number of aryl methyl sites for hydroxylation is 1. The molecule has 2 N–H and O–H groups in total. The van der Waals surface area contributed by atoms with Gasteiger partial charge in [-0.25, -0.2) is 4.98 Å². The third-order valence-corrected chi connectivity index (χ3v) is 6.00. The molecule has 0 bridgehead atoms. The molecule has 1 aromatic heterocycles. The minimum Gasteiger partial charge on any atom is -0.354 e. The normalized spacial score (nSPS) is 14.2. The number of benzene rings is 1. The quantitative estimate of drug-likeness (QED) is 0.454. The summed E-state index contributed by atoms with van der Waals surface area (Å²) in [5.74, 6) is 1.06. The molecular weight excluding hydrogens is 440 g/mol. The van der Waals surface area contributed by atoms with Gasteiger partial charge in [0.05, 0.1) is 24.1 Å². The number of hydrogen-bond donors (Lipinski definition) is 2. The van der Waals surface area contributed by atoms with Crippen molar-refractivity contribution >= 4 is 23.3 Å². The van der Waals surface area contributed by atoms with Crippen LogP contribution in [0, 0.1) is 0 Å². The van der Waals surface area contributed by atoms with Crippen molar-refractivity contribution in [1.82, 2.24) is 25.1 Å². The van der Waals surface area contributed by atoms with Crippen molar-refractivity contribution in [3.8, 4) is 0 Å². The van der Waals surface area contributed by atoms with Crippen LogP contribution in [-0.2, 0) is 16.0 Å². The number of aromatic nitrogens is 2. The van der Waals surface area contributed by atoms with E-state index in [-0.39, 0.29) is 24.3 Å². The number of carbonyl (C=O) groups is 2. The van der Waals surface area contributed by atoms with Gasteiger partial charge in [0.15, 0.2) is 0 Å². The third kappa shape index (κ3) is 8.17. The Morgan fingerprint density at radius 2 is 2.00 bits per heavy atom. The zero-order chi connectivity index (χ0) is 25.4. The summed E-state index contributed by atoms with van der Waals surface area (Å²) in [6, 6.07) is 8.13. The molecule has 0 unspecified atom stereocenters. The Kier molecular flexibility index (Phi) is 9.37. The van der Waals surface area contributed by atoms with Crippen LogP contribution >= 0.6 is 0 Å². The number of nitrogens with zero attached hydrogens (tertiary/aromatic N) is 4. The van der Waals surface area contributed by atoms with Gasteiger partial charge in [0, 0.05) is 37.8 Å². The zero-order valence-electron chi connectivity index (χ0n) is 21.5. The van der Waals surface area contributed by atoms with Crippen molar-refractivity contribution in [2.24, 2.45) is 0 Å². The molecule has 0 aliphatic heterocycles. The lowest BCUT2D eigenvalue weighted by atomic mass is 10.0. The average molecular weight is 479 g/mol. The molecule has 35 heavy (non-hydrogen) atoms. The Labute approximate surface area is 208 Å². The highest BCUT2D eigenvalue weighted by Crippen LogP contribution is 2.40. The Bertz CT molecular complexity index is 1050. The first kappa shape index (κ1) is 26.3. The topological polar surface area (TPSA) is 90.5 Å². The third-order valence-electron chi connectivity index (χ3n) is 6.00. The highest BCUT2D eigenvalue weighted by Gasteiger charge is 2.28. The molecular formula is C27H38N6O2. The van der Waals surface area contributed by atoms with Crippen LogP contribution in [-0.4, -0.2) is 72.4 Å². The predicted molar refractivity (Wildman–Crippen MR) is 140 cm³/mol. The lowest BCUT2D eigenvalue weighted by molar-refractivity contribution is -0.131. The van der Waals surface area contributed by atoms with Gasteiger partial charge in [0.1, 0.15) is 5.82 Å². The standard InChI is InChI=1S/C27H38N6O2/c1-6-23-27(20-12-13-20)31-24(17-28-23)30-22-10-7-9-21(15-22)19(2)16-29-25(34)18-33(5)26(35)11-8-14-32(3)4/h7-11,15,17,19-20H,6,12-14,16,18H2,1-5H3,(H,29,34)(H,30,31)/b11-8+/t19-/m0/s1. The summed E-state index contributed by atoms with van der Waals surface area (Å²) in [7, 11) is 5.49. The molecule has 1 aliphatic rings. The van der Waals surface area contributed by atoms with Crippen LogP contribution in [0.2, 0.25) is 0 Å². The molecule has 0 saturated heterocycles. The smallest absolute Gasteiger partial charge is 0.246 e. The fraction of sp³-hybridized carbons (Fsp3) is 0.481. The van der Waals surface area contributed by atoms with Crippen molar-refractivity contribution in [3.63, 3.8) is 0 Å². The first-order valence-electron chi connectivity index (χ1n) is 12.3. The minimum atomic E-state index is -0.186. The zero-order valence-corrected chi connectivity index (χ0v) is 21.5. The van der Waals surface area contributed by atoms with E-state index in [0.29, 0.717) is 19.0 Å². The lowest BCUT2D eigenvalue weighted by Crippen LogP contribution is -2.39. The number of hydrogen-bond acceptors (Lipinski definition) is 6. The van der Waals surface area contributed by atoms with E-state index in [4.69, 9.17) is 4.98 Å².